The summed E-state index contributed by atoms with van der Waals surface area (Å²) in [6.45, 7) is 3.76. The molecule has 2 aliphatic heterocycles. The molecule has 2 fully saturated rings. The molecule has 8 heteroatoms. The molecule has 0 unspecified atom stereocenters. The molecule has 4 rings (SSSR count). The molecule has 1 atom stereocenters. The zero-order valence-electron chi connectivity index (χ0n) is 16.7. The predicted octanol–water partition coefficient (Wildman–Crippen LogP) is 1.83. The molecule has 0 aliphatic carbocycles. The van der Waals surface area contributed by atoms with Crippen molar-refractivity contribution in [3.05, 3.63) is 48.3 Å². The van der Waals surface area contributed by atoms with Crippen LogP contribution in [0.25, 0.3) is 0 Å². The maximum Gasteiger partial charge on any atom is 0.248 e. The van der Waals surface area contributed by atoms with Gasteiger partial charge in [-0.2, -0.15) is 0 Å². The number of carbonyl (C=O) groups excluding carboxylic acids is 1. The van der Waals surface area contributed by atoms with Gasteiger partial charge in [-0.05, 0) is 37.1 Å². The summed E-state index contributed by atoms with van der Waals surface area (Å²) >= 11 is 0. The molecule has 1 aromatic heterocycles. The molecule has 0 spiro atoms. The standard InChI is InChI=1S/C21H27FN4O3/c1-24-15-23-10-18(24)11-25-8-6-17(7-9-25)26-12-20(29-14-21(26)27)13-28-19-4-2-16(22)3-5-19/h2-5,10,15,17,20H,6-9,11-14H2,1H3/t20-/m0/s1. The largest absolute Gasteiger partial charge is 0.491 e. The van der Waals surface area contributed by atoms with E-state index in [2.05, 4.69) is 9.88 Å². The van der Waals surface area contributed by atoms with Gasteiger partial charge in [-0.1, -0.05) is 0 Å². The molecule has 0 radical (unpaired) electrons. The highest BCUT2D eigenvalue weighted by Gasteiger charge is 2.33. The van der Waals surface area contributed by atoms with Gasteiger partial charge in [-0.3, -0.25) is 9.69 Å². The fraction of sp³-hybridized carbons (Fsp3) is 0.524. The van der Waals surface area contributed by atoms with Crippen molar-refractivity contribution in [2.75, 3.05) is 32.8 Å². The fourth-order valence-electron chi connectivity index (χ4n) is 3.97. The predicted molar refractivity (Wildman–Crippen MR) is 105 cm³/mol. The van der Waals surface area contributed by atoms with Crippen LogP contribution >= 0.6 is 0 Å². The Balaban J connectivity index is 1.27. The highest BCUT2D eigenvalue weighted by atomic mass is 19.1. The van der Waals surface area contributed by atoms with Crippen LogP contribution in [0.3, 0.4) is 0 Å². The molecule has 2 aliphatic rings. The number of amides is 1. The monoisotopic (exact) mass is 402 g/mol. The first kappa shape index (κ1) is 19.8. The Kier molecular flexibility index (Phi) is 6.10. The molecule has 1 aromatic carbocycles. The zero-order chi connectivity index (χ0) is 20.2. The van der Waals surface area contributed by atoms with Crippen LogP contribution in [0.15, 0.2) is 36.8 Å². The van der Waals surface area contributed by atoms with E-state index in [4.69, 9.17) is 9.47 Å². The number of rotatable bonds is 6. The molecule has 0 N–H and O–H groups in total. The fourth-order valence-corrected chi connectivity index (χ4v) is 3.97. The van der Waals surface area contributed by atoms with Gasteiger partial charge in [0.05, 0.1) is 18.6 Å². The third kappa shape index (κ3) is 4.94. The Morgan fingerprint density at radius 2 is 2.00 bits per heavy atom. The number of imidazole rings is 1. The number of aryl methyl sites for hydroxylation is 1. The van der Waals surface area contributed by atoms with E-state index in [-0.39, 0.29) is 30.5 Å². The van der Waals surface area contributed by atoms with E-state index in [1.165, 1.54) is 17.8 Å². The summed E-state index contributed by atoms with van der Waals surface area (Å²) in [7, 11) is 2.01. The lowest BCUT2D eigenvalue weighted by Gasteiger charge is -2.42. The number of hydrogen-bond donors (Lipinski definition) is 0. The molecule has 0 saturated carbocycles. The van der Waals surface area contributed by atoms with Gasteiger partial charge in [0.1, 0.15) is 30.9 Å². The van der Waals surface area contributed by atoms with Gasteiger partial charge < -0.3 is 18.9 Å². The molecule has 7 nitrogen and oxygen atoms in total. The Labute approximate surface area is 170 Å². The number of nitrogens with zero attached hydrogens (tertiary/aromatic N) is 4. The normalized spacial score (nSPS) is 21.5. The van der Waals surface area contributed by atoms with Crippen molar-refractivity contribution in [2.24, 2.45) is 7.05 Å². The van der Waals surface area contributed by atoms with Crippen LogP contribution in [0, 0.1) is 5.82 Å². The van der Waals surface area contributed by atoms with E-state index < -0.39 is 0 Å². The second kappa shape index (κ2) is 8.92. The smallest absolute Gasteiger partial charge is 0.248 e. The summed E-state index contributed by atoms with van der Waals surface area (Å²) in [5.41, 5.74) is 1.20. The van der Waals surface area contributed by atoms with Gasteiger partial charge in [0.15, 0.2) is 0 Å². The average molecular weight is 402 g/mol. The third-order valence-electron chi connectivity index (χ3n) is 5.71. The molecular weight excluding hydrogens is 375 g/mol. The summed E-state index contributed by atoms with van der Waals surface area (Å²) in [5, 5.41) is 0. The van der Waals surface area contributed by atoms with E-state index in [1.54, 1.807) is 12.1 Å². The molecule has 156 valence electrons. The Morgan fingerprint density at radius 1 is 1.24 bits per heavy atom. The number of piperidine rings is 1. The van der Waals surface area contributed by atoms with Crippen LogP contribution in [0.5, 0.6) is 5.75 Å². The zero-order valence-corrected chi connectivity index (χ0v) is 16.7. The summed E-state index contributed by atoms with van der Waals surface area (Å²) in [6.07, 6.45) is 5.46. The van der Waals surface area contributed by atoms with Gasteiger partial charge in [0.2, 0.25) is 5.91 Å². The highest BCUT2D eigenvalue weighted by molar-refractivity contribution is 5.78. The number of carbonyl (C=O) groups is 1. The minimum absolute atomic E-state index is 0.0492. The van der Waals surface area contributed by atoms with Crippen molar-refractivity contribution < 1.29 is 18.7 Å². The van der Waals surface area contributed by atoms with E-state index in [0.717, 1.165) is 32.5 Å². The maximum absolute atomic E-state index is 13.0. The van der Waals surface area contributed by atoms with Gasteiger partial charge in [-0.15, -0.1) is 0 Å². The van der Waals surface area contributed by atoms with Gasteiger partial charge in [0.25, 0.3) is 0 Å². The van der Waals surface area contributed by atoms with Crippen LogP contribution < -0.4 is 4.74 Å². The van der Waals surface area contributed by atoms with E-state index in [1.807, 2.05) is 29.0 Å². The molecule has 2 aromatic rings. The molecule has 3 heterocycles. The number of halogens is 1. The van der Waals surface area contributed by atoms with Crippen LogP contribution in [-0.2, 0) is 23.1 Å². The first-order chi connectivity index (χ1) is 14.1. The molecular formula is C21H27FN4O3. The van der Waals surface area contributed by atoms with Crippen LogP contribution in [0.1, 0.15) is 18.5 Å². The summed E-state index contributed by atoms with van der Waals surface area (Å²) in [4.78, 5) is 21.0. The van der Waals surface area contributed by atoms with E-state index in [0.29, 0.717) is 18.9 Å². The van der Waals surface area contributed by atoms with Crippen LogP contribution in [0.2, 0.25) is 0 Å². The highest BCUT2D eigenvalue weighted by Crippen LogP contribution is 2.22. The first-order valence-electron chi connectivity index (χ1n) is 10.1. The SMILES string of the molecule is Cn1cncc1CN1CCC(N2C[C@@H](COc3ccc(F)cc3)OCC2=O)CC1. The Bertz CT molecular complexity index is 818. The van der Waals surface area contributed by atoms with Crippen molar-refractivity contribution >= 4 is 5.91 Å². The molecule has 2 saturated heterocycles. The van der Waals surface area contributed by atoms with Crippen LogP contribution in [-0.4, -0.2) is 70.3 Å². The topological polar surface area (TPSA) is 59.8 Å². The third-order valence-corrected chi connectivity index (χ3v) is 5.71. The summed E-state index contributed by atoms with van der Waals surface area (Å²) in [6, 6.07) is 6.17. The van der Waals surface area contributed by atoms with Crippen molar-refractivity contribution in [1.82, 2.24) is 19.4 Å². The second-order valence-corrected chi connectivity index (χ2v) is 7.75. The first-order valence-corrected chi connectivity index (χ1v) is 10.1. The van der Waals surface area contributed by atoms with Gasteiger partial charge in [0, 0.05) is 38.9 Å². The van der Waals surface area contributed by atoms with Crippen molar-refractivity contribution in [2.45, 2.75) is 31.5 Å². The summed E-state index contributed by atoms with van der Waals surface area (Å²) in [5.74, 6) is 0.354. The minimum atomic E-state index is -0.294. The van der Waals surface area contributed by atoms with E-state index >= 15 is 0 Å². The Morgan fingerprint density at radius 3 is 2.69 bits per heavy atom. The lowest BCUT2D eigenvalue weighted by molar-refractivity contribution is -0.155. The molecule has 0 bridgehead atoms. The Hall–Kier alpha value is -2.45. The van der Waals surface area contributed by atoms with Crippen molar-refractivity contribution in [3.8, 4) is 5.75 Å². The van der Waals surface area contributed by atoms with Crippen molar-refractivity contribution in [1.29, 1.82) is 0 Å². The lowest BCUT2D eigenvalue weighted by atomic mass is 10.0. The lowest BCUT2D eigenvalue weighted by Crippen LogP contribution is -2.55. The van der Waals surface area contributed by atoms with Crippen molar-refractivity contribution in [3.63, 3.8) is 0 Å². The second-order valence-electron chi connectivity index (χ2n) is 7.75. The number of benzene rings is 1. The minimum Gasteiger partial charge on any atom is -0.491 e. The van der Waals surface area contributed by atoms with Gasteiger partial charge >= 0.3 is 0 Å². The number of hydrogen-bond acceptors (Lipinski definition) is 5. The quantitative estimate of drug-likeness (QED) is 0.738. The number of morpholine rings is 1. The van der Waals surface area contributed by atoms with Crippen LogP contribution in [0.4, 0.5) is 4.39 Å². The maximum atomic E-state index is 13.0. The summed E-state index contributed by atoms with van der Waals surface area (Å²) < 4.78 is 26.4. The molecule has 1 amide bonds. The van der Waals surface area contributed by atoms with Gasteiger partial charge in [-0.25, -0.2) is 9.37 Å². The van der Waals surface area contributed by atoms with E-state index in [9.17, 15) is 9.18 Å². The molecule has 29 heavy (non-hydrogen) atoms. The number of aromatic nitrogens is 2. The number of likely N-dealkylation sites (tertiary alicyclic amines) is 1. The number of ether oxygens (including phenoxy) is 2. The average Bonchev–Trinajstić information content (AvgIpc) is 3.14.